The number of halogens is 1. The number of rotatable bonds is 5. The van der Waals surface area contributed by atoms with E-state index in [0.29, 0.717) is 11.6 Å². The molecule has 3 heteroatoms. The topological polar surface area (TPSA) is 29.5 Å². The van der Waals surface area contributed by atoms with Crippen molar-refractivity contribution in [3.05, 3.63) is 34.9 Å². The number of aliphatic hydroxyl groups is 1. The fraction of sp³-hybridized carbons (Fsp3) is 0.500. The van der Waals surface area contributed by atoms with E-state index in [2.05, 4.69) is 0 Å². The Hall–Kier alpha value is -0.570. The Bertz CT molecular complexity index is 284. The van der Waals surface area contributed by atoms with Gasteiger partial charge in [0, 0.05) is 11.6 Å². The lowest BCUT2D eigenvalue weighted by Gasteiger charge is -2.21. The van der Waals surface area contributed by atoms with Crippen LogP contribution in [0.3, 0.4) is 0 Å². The Kier molecular flexibility index (Phi) is 5.09. The largest absolute Gasteiger partial charge is 0.386 e. The zero-order chi connectivity index (χ0) is 11.3. The van der Waals surface area contributed by atoms with Gasteiger partial charge in [0.05, 0.1) is 6.10 Å². The minimum absolute atomic E-state index is 0.142. The maximum Gasteiger partial charge on any atom is 0.105 e. The molecule has 84 valence electrons. The SMILES string of the molecule is CCOC(CC)C(O)c1ccc(Cl)cc1. The molecule has 1 rings (SSSR count). The van der Waals surface area contributed by atoms with Crippen LogP contribution in [-0.2, 0) is 4.74 Å². The van der Waals surface area contributed by atoms with Crippen molar-refractivity contribution >= 4 is 11.6 Å². The lowest BCUT2D eigenvalue weighted by molar-refractivity contribution is -0.0355. The van der Waals surface area contributed by atoms with Gasteiger partial charge in [-0.25, -0.2) is 0 Å². The Morgan fingerprint density at radius 2 is 1.87 bits per heavy atom. The Morgan fingerprint density at radius 1 is 1.27 bits per heavy atom. The molecule has 0 radical (unpaired) electrons. The van der Waals surface area contributed by atoms with Gasteiger partial charge in [0.2, 0.25) is 0 Å². The highest BCUT2D eigenvalue weighted by atomic mass is 35.5. The summed E-state index contributed by atoms with van der Waals surface area (Å²) in [5, 5.41) is 10.7. The van der Waals surface area contributed by atoms with Gasteiger partial charge >= 0.3 is 0 Å². The number of benzene rings is 1. The Labute approximate surface area is 95.8 Å². The highest BCUT2D eigenvalue weighted by Gasteiger charge is 2.18. The van der Waals surface area contributed by atoms with Gasteiger partial charge in [-0.15, -0.1) is 0 Å². The van der Waals surface area contributed by atoms with Gasteiger partial charge in [0.15, 0.2) is 0 Å². The Balaban J connectivity index is 2.73. The second kappa shape index (κ2) is 6.11. The molecule has 0 aliphatic carbocycles. The first-order valence-corrected chi connectivity index (χ1v) is 5.62. The molecule has 0 bridgehead atoms. The van der Waals surface area contributed by atoms with Crippen LogP contribution in [-0.4, -0.2) is 17.8 Å². The second-order valence-corrected chi connectivity index (χ2v) is 3.83. The fourth-order valence-electron chi connectivity index (χ4n) is 1.52. The molecule has 1 aromatic carbocycles. The smallest absolute Gasteiger partial charge is 0.105 e. The molecule has 0 aliphatic rings. The van der Waals surface area contributed by atoms with E-state index in [0.717, 1.165) is 12.0 Å². The van der Waals surface area contributed by atoms with Crippen molar-refractivity contribution in [3.63, 3.8) is 0 Å². The van der Waals surface area contributed by atoms with E-state index in [-0.39, 0.29) is 6.10 Å². The van der Waals surface area contributed by atoms with E-state index in [9.17, 15) is 5.11 Å². The number of hydrogen-bond donors (Lipinski definition) is 1. The third-order valence-corrected chi connectivity index (χ3v) is 2.60. The molecule has 0 heterocycles. The first kappa shape index (κ1) is 12.5. The van der Waals surface area contributed by atoms with Crippen molar-refractivity contribution in [2.24, 2.45) is 0 Å². The van der Waals surface area contributed by atoms with Crippen molar-refractivity contribution in [3.8, 4) is 0 Å². The average molecular weight is 229 g/mol. The molecular formula is C12H17ClO2. The second-order valence-electron chi connectivity index (χ2n) is 3.40. The monoisotopic (exact) mass is 228 g/mol. The first-order chi connectivity index (χ1) is 7.19. The van der Waals surface area contributed by atoms with E-state index in [1.165, 1.54) is 0 Å². The molecule has 2 atom stereocenters. The fourth-order valence-corrected chi connectivity index (χ4v) is 1.65. The van der Waals surface area contributed by atoms with Gasteiger partial charge in [0.25, 0.3) is 0 Å². The zero-order valence-corrected chi connectivity index (χ0v) is 9.87. The number of aliphatic hydroxyl groups excluding tert-OH is 1. The lowest BCUT2D eigenvalue weighted by atomic mass is 10.0. The minimum atomic E-state index is -0.577. The third-order valence-electron chi connectivity index (χ3n) is 2.35. The highest BCUT2D eigenvalue weighted by Crippen LogP contribution is 2.22. The minimum Gasteiger partial charge on any atom is -0.386 e. The van der Waals surface area contributed by atoms with Gasteiger partial charge < -0.3 is 9.84 Å². The molecule has 0 saturated carbocycles. The zero-order valence-electron chi connectivity index (χ0n) is 9.11. The molecule has 15 heavy (non-hydrogen) atoms. The molecule has 0 amide bonds. The molecule has 1 aromatic rings. The summed E-state index contributed by atoms with van der Waals surface area (Å²) < 4.78 is 5.45. The van der Waals surface area contributed by atoms with E-state index in [4.69, 9.17) is 16.3 Å². The highest BCUT2D eigenvalue weighted by molar-refractivity contribution is 6.30. The van der Waals surface area contributed by atoms with Crippen LogP contribution in [0.25, 0.3) is 0 Å². The summed E-state index contributed by atoms with van der Waals surface area (Å²) in [5.41, 5.74) is 0.847. The van der Waals surface area contributed by atoms with Crippen LogP contribution >= 0.6 is 11.6 Å². The predicted octanol–water partition coefficient (Wildman–Crippen LogP) is 3.19. The summed E-state index contributed by atoms with van der Waals surface area (Å²) >= 11 is 5.78. The maximum absolute atomic E-state index is 10.0. The third kappa shape index (κ3) is 3.49. The van der Waals surface area contributed by atoms with Crippen molar-refractivity contribution in [1.29, 1.82) is 0 Å². The predicted molar refractivity (Wildman–Crippen MR) is 62.1 cm³/mol. The summed E-state index contributed by atoms with van der Waals surface area (Å²) in [6.45, 7) is 4.54. The molecule has 0 saturated heterocycles. The lowest BCUT2D eigenvalue weighted by Crippen LogP contribution is -2.21. The van der Waals surface area contributed by atoms with Crippen LogP contribution < -0.4 is 0 Å². The van der Waals surface area contributed by atoms with Crippen LogP contribution in [0, 0.1) is 0 Å². The molecule has 0 fully saturated rings. The summed E-state index contributed by atoms with van der Waals surface area (Å²) in [7, 11) is 0. The van der Waals surface area contributed by atoms with Crippen molar-refractivity contribution in [2.75, 3.05) is 6.61 Å². The van der Waals surface area contributed by atoms with Gasteiger partial charge in [-0.2, -0.15) is 0 Å². The molecule has 0 aliphatic heterocycles. The summed E-state index contributed by atoms with van der Waals surface area (Å²) in [6, 6.07) is 7.21. The van der Waals surface area contributed by atoms with E-state index >= 15 is 0 Å². The number of ether oxygens (including phenoxy) is 1. The van der Waals surface area contributed by atoms with Crippen LogP contribution in [0.2, 0.25) is 5.02 Å². The van der Waals surface area contributed by atoms with Gasteiger partial charge in [-0.05, 0) is 31.0 Å². The summed E-state index contributed by atoms with van der Waals surface area (Å²) in [6.07, 6.45) is 0.0702. The van der Waals surface area contributed by atoms with Crippen molar-refractivity contribution in [2.45, 2.75) is 32.5 Å². The van der Waals surface area contributed by atoms with Crippen molar-refractivity contribution < 1.29 is 9.84 Å². The van der Waals surface area contributed by atoms with E-state index < -0.39 is 6.10 Å². The molecule has 0 spiro atoms. The maximum atomic E-state index is 10.0. The van der Waals surface area contributed by atoms with Crippen LogP contribution in [0.1, 0.15) is 31.9 Å². The van der Waals surface area contributed by atoms with E-state index in [1.807, 2.05) is 26.0 Å². The molecule has 2 unspecified atom stereocenters. The standard InChI is InChI=1S/C12H17ClO2/c1-3-11(15-4-2)12(14)9-5-7-10(13)8-6-9/h5-8,11-12,14H,3-4H2,1-2H3. The van der Waals surface area contributed by atoms with Crippen LogP contribution in [0.4, 0.5) is 0 Å². The molecule has 1 N–H and O–H groups in total. The average Bonchev–Trinajstić information content (AvgIpc) is 2.26. The molecule has 2 nitrogen and oxygen atoms in total. The van der Waals surface area contributed by atoms with E-state index in [1.54, 1.807) is 12.1 Å². The molecule has 0 aromatic heterocycles. The number of hydrogen-bond acceptors (Lipinski definition) is 2. The first-order valence-electron chi connectivity index (χ1n) is 5.24. The quantitative estimate of drug-likeness (QED) is 0.839. The van der Waals surface area contributed by atoms with Crippen molar-refractivity contribution in [1.82, 2.24) is 0 Å². The van der Waals surface area contributed by atoms with Gasteiger partial charge in [-0.3, -0.25) is 0 Å². The van der Waals surface area contributed by atoms with Crippen LogP contribution in [0.15, 0.2) is 24.3 Å². The van der Waals surface area contributed by atoms with Crippen LogP contribution in [0.5, 0.6) is 0 Å². The van der Waals surface area contributed by atoms with Gasteiger partial charge in [0.1, 0.15) is 6.10 Å². The summed E-state index contributed by atoms with van der Waals surface area (Å²) in [5.74, 6) is 0. The van der Waals surface area contributed by atoms with Gasteiger partial charge in [-0.1, -0.05) is 30.7 Å². The Morgan fingerprint density at radius 3 is 2.33 bits per heavy atom. The molecular weight excluding hydrogens is 212 g/mol. The normalized spacial score (nSPS) is 14.9. The summed E-state index contributed by atoms with van der Waals surface area (Å²) in [4.78, 5) is 0.